The minimum Gasteiger partial charge on any atom is -0.0654 e. The summed E-state index contributed by atoms with van der Waals surface area (Å²) in [6.07, 6.45) is 18.3. The van der Waals surface area contributed by atoms with Gasteiger partial charge in [0.2, 0.25) is 0 Å². The van der Waals surface area contributed by atoms with Gasteiger partial charge in [0.1, 0.15) is 0 Å². The van der Waals surface area contributed by atoms with Crippen LogP contribution in [0, 0.1) is 52.3 Å². The predicted octanol–water partition coefficient (Wildman–Crippen LogP) is 8.11. The summed E-state index contributed by atoms with van der Waals surface area (Å²) in [4.78, 5) is 0. The van der Waals surface area contributed by atoms with E-state index in [9.17, 15) is 0 Å². The van der Waals surface area contributed by atoms with Crippen molar-refractivity contribution in [3.05, 3.63) is 0 Å². The lowest BCUT2D eigenvalue weighted by Crippen LogP contribution is -2.53. The van der Waals surface area contributed by atoms with Gasteiger partial charge in [0.25, 0.3) is 0 Å². The second-order valence-electron chi connectivity index (χ2n) is 11.7. The van der Waals surface area contributed by atoms with Crippen molar-refractivity contribution in [2.24, 2.45) is 52.3 Å². The van der Waals surface area contributed by atoms with Crippen molar-refractivity contribution in [2.75, 3.05) is 0 Å². The van der Waals surface area contributed by atoms with Gasteiger partial charge in [-0.25, -0.2) is 0 Å². The summed E-state index contributed by atoms with van der Waals surface area (Å²) in [6.45, 7) is 12.9. The number of fused-ring (bicyclic) bond motifs is 5. The maximum absolute atomic E-state index is 2.75. The summed E-state index contributed by atoms with van der Waals surface area (Å²) >= 11 is 0. The molecule has 4 aliphatic rings. The van der Waals surface area contributed by atoms with E-state index in [-0.39, 0.29) is 0 Å². The molecular weight excluding hydrogens is 312 g/mol. The monoisotopic (exact) mass is 358 g/mol. The average molecular weight is 359 g/mol. The molecule has 0 saturated heterocycles. The SMILES string of the molecule is CCCC(C)C1CCC2C3CCC4CC(CC)CCC4(C)C3CCC12C. The molecule has 4 aliphatic carbocycles. The van der Waals surface area contributed by atoms with Crippen LogP contribution >= 0.6 is 0 Å². The van der Waals surface area contributed by atoms with E-state index in [4.69, 9.17) is 0 Å². The van der Waals surface area contributed by atoms with E-state index in [2.05, 4.69) is 34.6 Å². The molecule has 0 amide bonds. The molecule has 0 aromatic rings. The van der Waals surface area contributed by atoms with E-state index in [0.717, 1.165) is 41.4 Å². The van der Waals surface area contributed by atoms with Crippen LogP contribution in [-0.4, -0.2) is 0 Å². The molecule has 0 aromatic carbocycles. The van der Waals surface area contributed by atoms with Gasteiger partial charge in [-0.2, -0.15) is 0 Å². The number of rotatable bonds is 4. The molecule has 9 atom stereocenters. The fraction of sp³-hybridized carbons (Fsp3) is 1.00. The van der Waals surface area contributed by atoms with Gasteiger partial charge < -0.3 is 0 Å². The van der Waals surface area contributed by atoms with Crippen LogP contribution in [0.25, 0.3) is 0 Å². The molecule has 0 bridgehead atoms. The Morgan fingerprint density at radius 3 is 2.31 bits per heavy atom. The van der Waals surface area contributed by atoms with Crippen molar-refractivity contribution in [1.29, 1.82) is 0 Å². The molecule has 0 spiro atoms. The highest BCUT2D eigenvalue weighted by Gasteiger charge is 2.60. The molecule has 0 heteroatoms. The summed E-state index contributed by atoms with van der Waals surface area (Å²) in [5.41, 5.74) is 1.38. The first kappa shape index (κ1) is 19.3. The zero-order valence-electron chi connectivity index (χ0n) is 18.5. The maximum Gasteiger partial charge on any atom is -0.0264 e. The molecule has 4 fully saturated rings. The molecule has 26 heavy (non-hydrogen) atoms. The third-order valence-electron chi connectivity index (χ3n) is 10.9. The van der Waals surface area contributed by atoms with Gasteiger partial charge in [0.15, 0.2) is 0 Å². The smallest absolute Gasteiger partial charge is 0.0264 e. The highest BCUT2D eigenvalue weighted by atomic mass is 14.6. The van der Waals surface area contributed by atoms with Crippen molar-refractivity contribution in [3.8, 4) is 0 Å². The second-order valence-corrected chi connectivity index (χ2v) is 11.7. The van der Waals surface area contributed by atoms with E-state index >= 15 is 0 Å². The largest absolute Gasteiger partial charge is 0.0654 e. The summed E-state index contributed by atoms with van der Waals surface area (Å²) in [5.74, 6) is 7.29. The van der Waals surface area contributed by atoms with E-state index in [0.29, 0.717) is 10.8 Å². The minimum atomic E-state index is 0.680. The second kappa shape index (κ2) is 7.11. The van der Waals surface area contributed by atoms with Crippen LogP contribution in [0.3, 0.4) is 0 Å². The molecule has 0 aliphatic heterocycles. The lowest BCUT2D eigenvalue weighted by Gasteiger charge is -2.61. The third kappa shape index (κ3) is 2.83. The van der Waals surface area contributed by atoms with Gasteiger partial charge in [-0.1, -0.05) is 53.9 Å². The van der Waals surface area contributed by atoms with Gasteiger partial charge in [-0.3, -0.25) is 0 Å². The standard InChI is InChI=1S/C26H46/c1-6-8-18(3)22-11-12-23-21-10-9-20-17-19(7-2)13-15-25(20,4)24(21)14-16-26(22,23)5/h18-24H,6-17H2,1-5H3. The quantitative estimate of drug-likeness (QED) is 0.476. The fourth-order valence-electron chi connectivity index (χ4n) is 9.35. The molecule has 150 valence electrons. The highest BCUT2D eigenvalue weighted by Crippen LogP contribution is 2.68. The molecule has 0 radical (unpaired) electrons. The van der Waals surface area contributed by atoms with Crippen LogP contribution in [0.5, 0.6) is 0 Å². The summed E-state index contributed by atoms with van der Waals surface area (Å²) in [7, 11) is 0. The lowest BCUT2D eigenvalue weighted by molar-refractivity contribution is -0.121. The Morgan fingerprint density at radius 1 is 0.846 bits per heavy atom. The Hall–Kier alpha value is 0. The number of hydrogen-bond donors (Lipinski definition) is 0. The number of hydrogen-bond acceptors (Lipinski definition) is 0. The molecule has 4 rings (SSSR count). The van der Waals surface area contributed by atoms with Crippen molar-refractivity contribution in [3.63, 3.8) is 0 Å². The van der Waals surface area contributed by atoms with Crippen LogP contribution in [0.1, 0.15) is 112 Å². The lowest BCUT2D eigenvalue weighted by atomic mass is 9.44. The summed E-state index contributed by atoms with van der Waals surface area (Å²) < 4.78 is 0. The summed E-state index contributed by atoms with van der Waals surface area (Å²) in [5, 5.41) is 0. The molecular formula is C26H46. The Balaban J connectivity index is 1.54. The van der Waals surface area contributed by atoms with Gasteiger partial charge in [0.05, 0.1) is 0 Å². The molecule has 0 heterocycles. The van der Waals surface area contributed by atoms with Gasteiger partial charge in [-0.05, 0) is 110 Å². The van der Waals surface area contributed by atoms with Gasteiger partial charge >= 0.3 is 0 Å². The maximum atomic E-state index is 2.75. The van der Waals surface area contributed by atoms with Crippen molar-refractivity contribution < 1.29 is 0 Å². The topological polar surface area (TPSA) is 0 Å². The normalized spacial score (nSPS) is 52.0. The van der Waals surface area contributed by atoms with Gasteiger partial charge in [-0.15, -0.1) is 0 Å². The van der Waals surface area contributed by atoms with Crippen molar-refractivity contribution in [1.82, 2.24) is 0 Å². The van der Waals surface area contributed by atoms with Crippen molar-refractivity contribution in [2.45, 2.75) is 112 Å². The Bertz CT molecular complexity index is 494. The van der Waals surface area contributed by atoms with Crippen LogP contribution in [0.2, 0.25) is 0 Å². The fourth-order valence-corrected chi connectivity index (χ4v) is 9.35. The highest BCUT2D eigenvalue weighted by molar-refractivity contribution is 5.09. The van der Waals surface area contributed by atoms with Crippen LogP contribution in [0.15, 0.2) is 0 Å². The Morgan fingerprint density at radius 2 is 1.58 bits per heavy atom. The van der Waals surface area contributed by atoms with E-state index in [1.807, 2.05) is 0 Å². The Kier molecular flexibility index (Phi) is 5.28. The molecule has 4 saturated carbocycles. The predicted molar refractivity (Wildman–Crippen MR) is 113 cm³/mol. The first-order valence-corrected chi connectivity index (χ1v) is 12.4. The van der Waals surface area contributed by atoms with E-state index in [1.165, 1.54) is 25.7 Å². The third-order valence-corrected chi connectivity index (χ3v) is 10.9. The van der Waals surface area contributed by atoms with Gasteiger partial charge in [0, 0.05) is 0 Å². The van der Waals surface area contributed by atoms with Crippen molar-refractivity contribution >= 4 is 0 Å². The van der Waals surface area contributed by atoms with E-state index < -0.39 is 0 Å². The van der Waals surface area contributed by atoms with Crippen LogP contribution < -0.4 is 0 Å². The Labute approximate surface area is 164 Å². The molecule has 9 unspecified atom stereocenters. The zero-order valence-corrected chi connectivity index (χ0v) is 18.5. The first-order valence-electron chi connectivity index (χ1n) is 12.4. The molecule has 0 nitrogen and oxygen atoms in total. The van der Waals surface area contributed by atoms with E-state index in [1.54, 1.807) is 51.4 Å². The van der Waals surface area contributed by atoms with Crippen LogP contribution in [-0.2, 0) is 0 Å². The molecule has 0 aromatic heterocycles. The minimum absolute atomic E-state index is 0.680. The average Bonchev–Trinajstić information content (AvgIpc) is 2.98. The first-order chi connectivity index (χ1) is 12.4. The summed E-state index contributed by atoms with van der Waals surface area (Å²) in [6, 6.07) is 0. The molecule has 0 N–H and O–H groups in total. The zero-order chi connectivity index (χ0) is 18.5. The van der Waals surface area contributed by atoms with Crippen LogP contribution in [0.4, 0.5) is 0 Å².